The molecule has 1 atom stereocenters. The third kappa shape index (κ3) is 3.38. The molecule has 2 aromatic rings. The van der Waals surface area contributed by atoms with E-state index in [0.29, 0.717) is 6.54 Å². The number of nitrogens with two attached hydrogens (primary N) is 1. The Hall–Kier alpha value is -0.840. The Morgan fingerprint density at radius 1 is 1.26 bits per heavy atom. The molecule has 0 radical (unpaired) electrons. The van der Waals surface area contributed by atoms with Crippen LogP contribution in [0.15, 0.2) is 28.7 Å². The SMILES string of the molecule is Cc1ccc(Br)c(NC(CN)c2cc(C)sc2C)c1. The van der Waals surface area contributed by atoms with E-state index in [0.717, 1.165) is 10.2 Å². The first-order valence-corrected chi connectivity index (χ1v) is 7.92. The molecular formula is C15H19BrN2S. The topological polar surface area (TPSA) is 38.0 Å². The van der Waals surface area contributed by atoms with E-state index < -0.39 is 0 Å². The van der Waals surface area contributed by atoms with Gasteiger partial charge in [-0.1, -0.05) is 6.07 Å². The van der Waals surface area contributed by atoms with Crippen molar-refractivity contribution in [2.24, 2.45) is 5.73 Å². The van der Waals surface area contributed by atoms with Crippen LogP contribution in [0, 0.1) is 20.8 Å². The van der Waals surface area contributed by atoms with Crippen LogP contribution in [0.5, 0.6) is 0 Å². The van der Waals surface area contributed by atoms with Gasteiger partial charge in [0.2, 0.25) is 0 Å². The molecule has 0 saturated heterocycles. The summed E-state index contributed by atoms with van der Waals surface area (Å²) < 4.78 is 1.07. The molecule has 0 fully saturated rings. The first-order valence-electron chi connectivity index (χ1n) is 6.31. The number of halogens is 1. The minimum Gasteiger partial charge on any atom is -0.376 e. The van der Waals surface area contributed by atoms with Crippen molar-refractivity contribution >= 4 is 33.0 Å². The van der Waals surface area contributed by atoms with Gasteiger partial charge in [0.15, 0.2) is 0 Å². The summed E-state index contributed by atoms with van der Waals surface area (Å²) in [4.78, 5) is 2.67. The molecule has 0 bridgehead atoms. The molecular weight excluding hydrogens is 320 g/mol. The van der Waals surface area contributed by atoms with Crippen LogP contribution in [0.25, 0.3) is 0 Å². The summed E-state index contributed by atoms with van der Waals surface area (Å²) in [6.07, 6.45) is 0. The number of thiophene rings is 1. The normalized spacial score (nSPS) is 12.5. The Morgan fingerprint density at radius 2 is 2.00 bits per heavy atom. The van der Waals surface area contributed by atoms with Crippen LogP contribution in [0.1, 0.15) is 26.9 Å². The Bertz CT molecular complexity index is 578. The molecule has 0 aliphatic heterocycles. The minimum absolute atomic E-state index is 0.156. The first-order chi connectivity index (χ1) is 9.01. The summed E-state index contributed by atoms with van der Waals surface area (Å²) in [5, 5.41) is 3.54. The lowest BCUT2D eigenvalue weighted by molar-refractivity contribution is 0.787. The maximum atomic E-state index is 5.95. The quantitative estimate of drug-likeness (QED) is 0.858. The highest BCUT2D eigenvalue weighted by molar-refractivity contribution is 9.10. The lowest BCUT2D eigenvalue weighted by Crippen LogP contribution is -2.21. The van der Waals surface area contributed by atoms with Gasteiger partial charge < -0.3 is 11.1 Å². The maximum absolute atomic E-state index is 5.95. The number of anilines is 1. The van der Waals surface area contributed by atoms with Crippen molar-refractivity contribution in [1.82, 2.24) is 0 Å². The summed E-state index contributed by atoms with van der Waals surface area (Å²) in [6, 6.07) is 8.68. The fraction of sp³-hybridized carbons (Fsp3) is 0.333. The van der Waals surface area contributed by atoms with Crippen LogP contribution in [-0.4, -0.2) is 6.54 Å². The van der Waals surface area contributed by atoms with Crippen LogP contribution >= 0.6 is 27.3 Å². The molecule has 3 N–H and O–H groups in total. The summed E-state index contributed by atoms with van der Waals surface area (Å²) >= 11 is 5.41. The van der Waals surface area contributed by atoms with Gasteiger partial charge in [-0.25, -0.2) is 0 Å². The summed E-state index contributed by atoms with van der Waals surface area (Å²) in [6.45, 7) is 6.96. The van der Waals surface area contributed by atoms with Gasteiger partial charge in [0.25, 0.3) is 0 Å². The molecule has 102 valence electrons. The molecule has 1 unspecified atom stereocenters. The highest BCUT2D eigenvalue weighted by Crippen LogP contribution is 2.31. The third-order valence-electron chi connectivity index (χ3n) is 3.14. The summed E-state index contributed by atoms with van der Waals surface area (Å²) in [5.41, 5.74) is 9.58. The van der Waals surface area contributed by atoms with Gasteiger partial charge in [-0.3, -0.25) is 0 Å². The van der Waals surface area contributed by atoms with Crippen LogP contribution in [0.2, 0.25) is 0 Å². The van der Waals surface area contributed by atoms with Gasteiger partial charge in [-0.2, -0.15) is 0 Å². The largest absolute Gasteiger partial charge is 0.376 e. The van der Waals surface area contributed by atoms with Crippen LogP contribution in [0.4, 0.5) is 5.69 Å². The zero-order chi connectivity index (χ0) is 14.0. The molecule has 19 heavy (non-hydrogen) atoms. The smallest absolute Gasteiger partial charge is 0.0647 e. The molecule has 2 rings (SSSR count). The van der Waals surface area contributed by atoms with Crippen LogP contribution in [0.3, 0.4) is 0 Å². The number of nitrogens with one attached hydrogen (secondary N) is 1. The van der Waals surface area contributed by atoms with Crippen molar-refractivity contribution in [1.29, 1.82) is 0 Å². The van der Waals surface area contributed by atoms with E-state index in [1.54, 1.807) is 0 Å². The maximum Gasteiger partial charge on any atom is 0.0647 e. The molecule has 0 saturated carbocycles. The summed E-state index contributed by atoms with van der Waals surface area (Å²) in [5.74, 6) is 0. The average Bonchev–Trinajstić information content (AvgIpc) is 2.69. The lowest BCUT2D eigenvalue weighted by atomic mass is 10.1. The summed E-state index contributed by atoms with van der Waals surface area (Å²) in [7, 11) is 0. The molecule has 1 aromatic carbocycles. The van der Waals surface area contributed by atoms with Crippen molar-refractivity contribution in [3.05, 3.63) is 49.6 Å². The van der Waals surface area contributed by atoms with Crippen LogP contribution in [-0.2, 0) is 0 Å². The van der Waals surface area contributed by atoms with Gasteiger partial charge in [-0.05, 0) is 66.0 Å². The molecule has 0 aliphatic carbocycles. The van der Waals surface area contributed by atoms with Gasteiger partial charge in [0, 0.05) is 26.5 Å². The Balaban J connectivity index is 2.29. The number of aryl methyl sites for hydroxylation is 3. The fourth-order valence-electron chi connectivity index (χ4n) is 2.20. The Kier molecular flexibility index (Phi) is 4.66. The predicted octanol–water partition coefficient (Wildman–Crippen LogP) is 4.55. The molecule has 1 heterocycles. The van der Waals surface area contributed by atoms with E-state index in [1.807, 2.05) is 11.3 Å². The molecule has 0 amide bonds. The van der Waals surface area contributed by atoms with E-state index in [-0.39, 0.29) is 6.04 Å². The van der Waals surface area contributed by atoms with E-state index >= 15 is 0 Å². The second-order valence-corrected chi connectivity index (χ2v) is 7.10. The standard InChI is InChI=1S/C15H19BrN2S/c1-9-4-5-13(16)14(6-9)18-15(8-17)12-7-10(2)19-11(12)3/h4-7,15,18H,8,17H2,1-3H3. The molecule has 0 aliphatic rings. The first kappa shape index (κ1) is 14.6. The number of hydrogen-bond donors (Lipinski definition) is 2. The lowest BCUT2D eigenvalue weighted by Gasteiger charge is -2.19. The third-order valence-corrected chi connectivity index (χ3v) is 4.82. The van der Waals surface area contributed by atoms with Gasteiger partial charge in [0.1, 0.15) is 0 Å². The highest BCUT2D eigenvalue weighted by Gasteiger charge is 2.15. The monoisotopic (exact) mass is 338 g/mol. The molecule has 0 spiro atoms. The van der Waals surface area contributed by atoms with E-state index in [9.17, 15) is 0 Å². The van der Waals surface area contributed by atoms with Crippen molar-refractivity contribution in [3.8, 4) is 0 Å². The number of benzene rings is 1. The number of rotatable bonds is 4. The van der Waals surface area contributed by atoms with Crippen molar-refractivity contribution < 1.29 is 0 Å². The second kappa shape index (κ2) is 6.07. The zero-order valence-corrected chi connectivity index (χ0v) is 13.9. The van der Waals surface area contributed by atoms with Crippen molar-refractivity contribution in [2.75, 3.05) is 11.9 Å². The van der Waals surface area contributed by atoms with Gasteiger partial charge in [-0.15, -0.1) is 11.3 Å². The molecule has 2 nitrogen and oxygen atoms in total. The van der Waals surface area contributed by atoms with Crippen LogP contribution < -0.4 is 11.1 Å². The highest BCUT2D eigenvalue weighted by atomic mass is 79.9. The fourth-order valence-corrected chi connectivity index (χ4v) is 3.55. The average molecular weight is 339 g/mol. The second-order valence-electron chi connectivity index (χ2n) is 4.78. The van der Waals surface area contributed by atoms with E-state index in [2.05, 4.69) is 66.3 Å². The van der Waals surface area contributed by atoms with Crippen molar-refractivity contribution in [3.63, 3.8) is 0 Å². The van der Waals surface area contributed by atoms with Gasteiger partial charge in [0.05, 0.1) is 6.04 Å². The van der Waals surface area contributed by atoms with E-state index in [4.69, 9.17) is 5.73 Å². The predicted molar refractivity (Wildman–Crippen MR) is 88.1 cm³/mol. The minimum atomic E-state index is 0.156. The molecule has 1 aromatic heterocycles. The van der Waals surface area contributed by atoms with Gasteiger partial charge >= 0.3 is 0 Å². The number of hydrogen-bond acceptors (Lipinski definition) is 3. The Labute approximate surface area is 127 Å². The Morgan fingerprint density at radius 3 is 2.58 bits per heavy atom. The molecule has 4 heteroatoms. The zero-order valence-electron chi connectivity index (χ0n) is 11.5. The van der Waals surface area contributed by atoms with Crippen molar-refractivity contribution in [2.45, 2.75) is 26.8 Å². The van der Waals surface area contributed by atoms with E-state index in [1.165, 1.54) is 20.9 Å².